The van der Waals surface area contributed by atoms with E-state index in [4.69, 9.17) is 9.47 Å². The van der Waals surface area contributed by atoms with Gasteiger partial charge in [0, 0.05) is 33.2 Å². The van der Waals surface area contributed by atoms with Crippen LogP contribution in [0, 0.1) is 23.7 Å². The molecule has 10 atom stereocenters. The normalized spacial score (nSPS) is 20.0. The number of carboxylic acids is 1. The highest BCUT2D eigenvalue weighted by atomic mass is 16.5. The van der Waals surface area contributed by atoms with Crippen LogP contribution >= 0.6 is 0 Å². The Balaban J connectivity index is 2.22. The summed E-state index contributed by atoms with van der Waals surface area (Å²) in [6, 6.07) is 6.28. The number of methoxy groups -OCH3 is 2. The molecular formula is C39H67N5O8. The van der Waals surface area contributed by atoms with Crippen molar-refractivity contribution in [3.05, 3.63) is 35.9 Å². The van der Waals surface area contributed by atoms with E-state index in [2.05, 4.69) is 17.6 Å². The van der Waals surface area contributed by atoms with E-state index in [1.807, 2.05) is 88.8 Å². The number of carbonyl (C=O) groups excluding carboxylic acids is 3. The second kappa shape index (κ2) is 21.0. The third kappa shape index (κ3) is 11.7. The highest BCUT2D eigenvalue weighted by Crippen LogP contribution is 2.31. The molecule has 296 valence electrons. The van der Waals surface area contributed by atoms with Crippen LogP contribution in [0.2, 0.25) is 0 Å². The molecule has 1 heterocycles. The second-order valence-electron chi connectivity index (χ2n) is 15.4. The number of likely N-dealkylation sites (N-methyl/N-ethyl adjacent to an activating group) is 2. The van der Waals surface area contributed by atoms with Crippen molar-refractivity contribution in [2.45, 2.75) is 123 Å². The van der Waals surface area contributed by atoms with E-state index < -0.39 is 48.3 Å². The van der Waals surface area contributed by atoms with Crippen molar-refractivity contribution in [3.63, 3.8) is 0 Å². The highest BCUT2D eigenvalue weighted by molar-refractivity contribution is 5.86. The molecule has 1 aromatic rings. The van der Waals surface area contributed by atoms with Gasteiger partial charge in [-0.15, -0.1) is 0 Å². The molecule has 13 nitrogen and oxygen atoms in total. The van der Waals surface area contributed by atoms with Crippen molar-refractivity contribution in [1.82, 2.24) is 25.3 Å². The van der Waals surface area contributed by atoms with Crippen LogP contribution in [0.1, 0.15) is 73.3 Å². The van der Waals surface area contributed by atoms with Gasteiger partial charge in [-0.05, 0) is 50.9 Å². The lowest BCUT2D eigenvalue weighted by Crippen LogP contribution is -2.63. The number of carbonyl (C=O) groups is 4. The molecule has 1 aliphatic heterocycles. The summed E-state index contributed by atoms with van der Waals surface area (Å²) in [5.41, 5.74) is 0.789. The number of rotatable bonds is 22. The predicted molar refractivity (Wildman–Crippen MR) is 201 cm³/mol. The molecule has 0 radical (unpaired) electrons. The average molecular weight is 734 g/mol. The van der Waals surface area contributed by atoms with Crippen LogP contribution in [0.25, 0.3) is 0 Å². The SMILES string of the molecule is CC[C@H](C)[C@@H]([C@@H](CC(=O)N1CC[C@H]1[C@H](OC)[C@@H](C)C(=O)N[C@@H](Cc1ccccc1)C(=O)O)OC)N(C)C(O)[C@@H](NC(=O)[C@H](C(C)C)N(C)C)C(C)C. The Hall–Kier alpha value is -3.10. The van der Waals surface area contributed by atoms with E-state index in [1.54, 1.807) is 26.0 Å². The van der Waals surface area contributed by atoms with Crippen molar-refractivity contribution in [2.75, 3.05) is 41.9 Å². The van der Waals surface area contributed by atoms with Gasteiger partial charge in [0.2, 0.25) is 17.7 Å². The monoisotopic (exact) mass is 733 g/mol. The minimum atomic E-state index is -1.13. The van der Waals surface area contributed by atoms with E-state index >= 15 is 0 Å². The number of aliphatic hydroxyl groups excluding tert-OH is 1. The molecule has 13 heteroatoms. The summed E-state index contributed by atoms with van der Waals surface area (Å²) >= 11 is 0. The highest BCUT2D eigenvalue weighted by Gasteiger charge is 2.45. The van der Waals surface area contributed by atoms with Gasteiger partial charge in [-0.25, -0.2) is 4.79 Å². The van der Waals surface area contributed by atoms with Gasteiger partial charge in [0.15, 0.2) is 0 Å². The summed E-state index contributed by atoms with van der Waals surface area (Å²) in [6.45, 7) is 14.2. The molecule has 3 amide bonds. The predicted octanol–water partition coefficient (Wildman–Crippen LogP) is 2.85. The van der Waals surface area contributed by atoms with Gasteiger partial charge < -0.3 is 35.2 Å². The fraction of sp³-hybridized carbons (Fsp3) is 0.744. The molecule has 0 spiro atoms. The summed E-state index contributed by atoms with van der Waals surface area (Å²) in [6.07, 6.45) is -0.756. The van der Waals surface area contributed by atoms with E-state index in [1.165, 1.54) is 7.11 Å². The Morgan fingerprint density at radius 1 is 0.923 bits per heavy atom. The van der Waals surface area contributed by atoms with Crippen LogP contribution in [0.4, 0.5) is 0 Å². The number of likely N-dealkylation sites (tertiary alicyclic amines) is 1. The largest absolute Gasteiger partial charge is 0.480 e. The maximum atomic E-state index is 14.0. The number of ether oxygens (including phenoxy) is 2. The van der Waals surface area contributed by atoms with Gasteiger partial charge in [0.1, 0.15) is 12.3 Å². The number of hydrogen-bond acceptors (Lipinski definition) is 9. The third-order valence-corrected chi connectivity index (χ3v) is 10.8. The first kappa shape index (κ1) is 45.1. The molecule has 2 rings (SSSR count). The molecule has 1 unspecified atom stereocenters. The van der Waals surface area contributed by atoms with E-state index in [9.17, 15) is 29.4 Å². The standard InChI is InChI=1S/C39H67N5O8/c1-13-25(6)34(43(10)38(48)32(23(2)3)41-37(47)33(24(4)5)42(8)9)30(51-11)22-31(45)44-20-19-29(44)35(52-12)26(7)36(46)40-28(39(49)50)21-27-17-15-14-16-18-27/h14-18,23-26,28-30,32-35,38,48H,13,19-22H2,1-12H3,(H,40,46)(H,41,47)(H,49,50)/t25-,26+,28-,29-,30+,32-,33-,34-,35+,38?/m0/s1. The van der Waals surface area contributed by atoms with Crippen molar-refractivity contribution in [2.24, 2.45) is 23.7 Å². The first-order valence-electron chi connectivity index (χ1n) is 18.7. The Morgan fingerprint density at radius 3 is 1.98 bits per heavy atom. The van der Waals surface area contributed by atoms with Crippen molar-refractivity contribution >= 4 is 23.7 Å². The molecule has 1 fully saturated rings. The molecule has 0 aromatic heterocycles. The van der Waals surface area contributed by atoms with Crippen LogP contribution in [0.15, 0.2) is 30.3 Å². The maximum Gasteiger partial charge on any atom is 0.326 e. The van der Waals surface area contributed by atoms with Crippen molar-refractivity contribution in [3.8, 4) is 0 Å². The zero-order chi connectivity index (χ0) is 39.4. The van der Waals surface area contributed by atoms with Crippen LogP contribution in [0.3, 0.4) is 0 Å². The van der Waals surface area contributed by atoms with Crippen LogP contribution in [-0.2, 0) is 35.1 Å². The minimum Gasteiger partial charge on any atom is -0.480 e. The Kier molecular flexibility index (Phi) is 18.2. The second-order valence-corrected chi connectivity index (χ2v) is 15.4. The lowest BCUT2D eigenvalue weighted by atomic mass is 9.86. The summed E-state index contributed by atoms with van der Waals surface area (Å²) in [5, 5.41) is 27.4. The van der Waals surface area contributed by atoms with E-state index in [0.717, 1.165) is 12.0 Å². The number of benzene rings is 1. The summed E-state index contributed by atoms with van der Waals surface area (Å²) in [7, 11) is 8.59. The van der Waals surface area contributed by atoms with Crippen LogP contribution in [-0.4, -0.2) is 139 Å². The molecule has 0 saturated carbocycles. The smallest absolute Gasteiger partial charge is 0.326 e. The number of amides is 3. The molecule has 1 saturated heterocycles. The minimum absolute atomic E-state index is 0.0202. The first-order valence-corrected chi connectivity index (χ1v) is 18.7. The number of nitrogens with zero attached hydrogens (tertiary/aromatic N) is 3. The summed E-state index contributed by atoms with van der Waals surface area (Å²) < 4.78 is 11.8. The quantitative estimate of drug-likeness (QED) is 0.131. The van der Waals surface area contributed by atoms with Gasteiger partial charge in [0.05, 0.1) is 42.7 Å². The number of nitrogens with one attached hydrogen (secondary N) is 2. The zero-order valence-electron chi connectivity index (χ0n) is 33.5. The fourth-order valence-electron chi connectivity index (χ4n) is 7.56. The third-order valence-electron chi connectivity index (χ3n) is 10.8. The van der Waals surface area contributed by atoms with Crippen molar-refractivity contribution < 1.29 is 38.9 Å². The van der Waals surface area contributed by atoms with Gasteiger partial charge in [-0.1, -0.05) is 85.2 Å². The lowest BCUT2D eigenvalue weighted by molar-refractivity contribution is -0.156. The molecule has 0 aliphatic carbocycles. The van der Waals surface area contributed by atoms with E-state index in [-0.39, 0.29) is 60.5 Å². The molecule has 4 N–H and O–H groups in total. The van der Waals surface area contributed by atoms with Gasteiger partial charge in [-0.3, -0.25) is 24.2 Å². The molecule has 0 bridgehead atoms. The van der Waals surface area contributed by atoms with E-state index in [0.29, 0.717) is 13.0 Å². The molecule has 52 heavy (non-hydrogen) atoms. The number of aliphatic carboxylic acids is 1. The first-order chi connectivity index (χ1) is 24.4. The average Bonchev–Trinajstić information content (AvgIpc) is 3.07. The fourth-order valence-corrected chi connectivity index (χ4v) is 7.56. The Morgan fingerprint density at radius 2 is 1.54 bits per heavy atom. The topological polar surface area (TPSA) is 161 Å². The number of carboxylic acid groups (broad SMARTS) is 1. The van der Waals surface area contributed by atoms with Crippen LogP contribution in [0.5, 0.6) is 0 Å². The Bertz CT molecular complexity index is 1270. The van der Waals surface area contributed by atoms with Gasteiger partial charge in [0.25, 0.3) is 0 Å². The molecule has 1 aliphatic rings. The zero-order valence-corrected chi connectivity index (χ0v) is 33.5. The number of aliphatic hydroxyl groups is 1. The lowest BCUT2D eigenvalue weighted by Gasteiger charge is -2.47. The summed E-state index contributed by atoms with van der Waals surface area (Å²) in [5.74, 6) is -2.66. The Labute approximate surface area is 311 Å². The maximum absolute atomic E-state index is 14.0. The van der Waals surface area contributed by atoms with Gasteiger partial charge >= 0.3 is 5.97 Å². The van der Waals surface area contributed by atoms with Gasteiger partial charge in [-0.2, -0.15) is 0 Å². The summed E-state index contributed by atoms with van der Waals surface area (Å²) in [4.78, 5) is 58.2. The number of hydrogen-bond donors (Lipinski definition) is 4. The van der Waals surface area contributed by atoms with Crippen molar-refractivity contribution in [1.29, 1.82) is 0 Å². The van der Waals surface area contributed by atoms with Crippen LogP contribution < -0.4 is 10.6 Å². The molecular weight excluding hydrogens is 666 g/mol. The molecule has 1 aromatic carbocycles.